The molecule has 0 bridgehead atoms. The van der Waals surface area contributed by atoms with E-state index < -0.39 is 7.14 Å². The zero-order chi connectivity index (χ0) is 19.4. The van der Waals surface area contributed by atoms with Crippen molar-refractivity contribution in [2.24, 2.45) is 5.92 Å². The fourth-order valence-electron chi connectivity index (χ4n) is 3.70. The van der Waals surface area contributed by atoms with Crippen molar-refractivity contribution in [3.63, 3.8) is 0 Å². The normalized spacial score (nSPS) is 16.6. The Hall–Kier alpha value is -2.90. The topological polar surface area (TPSA) is 46.2 Å². The molecular weight excluding hydrogens is 365 g/mol. The SMILES string of the molecule is O=C1C=C(Nc2ccccc2)C(CP(=O)(c2ccccc2)c2ccccc2)C1. The van der Waals surface area contributed by atoms with Gasteiger partial charge in [0.1, 0.15) is 7.14 Å². The van der Waals surface area contributed by atoms with E-state index >= 15 is 0 Å². The smallest absolute Gasteiger partial charge is 0.158 e. The van der Waals surface area contributed by atoms with E-state index in [0.29, 0.717) is 12.6 Å². The molecule has 4 rings (SSSR count). The molecule has 28 heavy (non-hydrogen) atoms. The molecule has 1 N–H and O–H groups in total. The first kappa shape index (κ1) is 18.5. The fraction of sp³-hybridized carbons (Fsp3) is 0.125. The summed E-state index contributed by atoms with van der Waals surface area (Å²) in [7, 11) is -2.87. The predicted molar refractivity (Wildman–Crippen MR) is 116 cm³/mol. The molecule has 0 radical (unpaired) electrons. The molecule has 0 heterocycles. The van der Waals surface area contributed by atoms with Crippen molar-refractivity contribution in [2.75, 3.05) is 11.5 Å². The summed E-state index contributed by atoms with van der Waals surface area (Å²) >= 11 is 0. The van der Waals surface area contributed by atoms with E-state index in [1.54, 1.807) is 6.08 Å². The van der Waals surface area contributed by atoms with Gasteiger partial charge in [-0.3, -0.25) is 4.79 Å². The molecule has 0 saturated heterocycles. The van der Waals surface area contributed by atoms with Gasteiger partial charge in [-0.25, -0.2) is 0 Å². The quantitative estimate of drug-likeness (QED) is 0.630. The Morgan fingerprint density at radius 2 is 1.29 bits per heavy atom. The van der Waals surface area contributed by atoms with E-state index in [0.717, 1.165) is 22.0 Å². The fourth-order valence-corrected chi connectivity index (χ4v) is 6.67. The Kier molecular flexibility index (Phi) is 5.27. The van der Waals surface area contributed by atoms with Crippen molar-refractivity contribution in [1.29, 1.82) is 0 Å². The number of hydrogen-bond acceptors (Lipinski definition) is 3. The predicted octanol–water partition coefficient (Wildman–Crippen LogP) is 4.59. The highest BCUT2D eigenvalue weighted by molar-refractivity contribution is 7.78. The molecule has 3 aromatic carbocycles. The summed E-state index contributed by atoms with van der Waals surface area (Å²) in [6, 6.07) is 29.1. The van der Waals surface area contributed by atoms with Gasteiger partial charge in [0.05, 0.1) is 0 Å². The molecular formula is C24H22NO2P. The zero-order valence-electron chi connectivity index (χ0n) is 15.5. The third-order valence-corrected chi connectivity index (χ3v) is 8.31. The summed E-state index contributed by atoms with van der Waals surface area (Å²) in [5.74, 6) is -0.0185. The Bertz CT molecular complexity index is 986. The zero-order valence-corrected chi connectivity index (χ0v) is 16.4. The number of carbonyl (C=O) groups is 1. The lowest BCUT2D eigenvalue weighted by molar-refractivity contribution is -0.114. The van der Waals surface area contributed by atoms with Crippen LogP contribution < -0.4 is 15.9 Å². The molecule has 1 aliphatic rings. The molecule has 3 aromatic rings. The van der Waals surface area contributed by atoms with Crippen LogP contribution in [0.2, 0.25) is 0 Å². The number of nitrogens with one attached hydrogen (secondary N) is 1. The van der Waals surface area contributed by atoms with Gasteiger partial charge >= 0.3 is 0 Å². The molecule has 1 unspecified atom stereocenters. The van der Waals surface area contributed by atoms with Crippen LogP contribution in [-0.2, 0) is 9.36 Å². The van der Waals surface area contributed by atoms with Crippen LogP contribution in [0.25, 0.3) is 0 Å². The third-order valence-electron chi connectivity index (χ3n) is 5.09. The Balaban J connectivity index is 1.68. The van der Waals surface area contributed by atoms with Gasteiger partial charge in [-0.05, 0) is 12.1 Å². The molecule has 0 saturated carbocycles. The van der Waals surface area contributed by atoms with E-state index in [2.05, 4.69) is 5.32 Å². The minimum Gasteiger partial charge on any atom is -0.359 e. The average molecular weight is 387 g/mol. The molecule has 1 aliphatic carbocycles. The maximum atomic E-state index is 14.3. The minimum absolute atomic E-state index is 0.0797. The monoisotopic (exact) mass is 387 g/mol. The first-order valence-electron chi connectivity index (χ1n) is 9.42. The lowest BCUT2D eigenvalue weighted by Crippen LogP contribution is -2.24. The van der Waals surface area contributed by atoms with Gasteiger partial charge in [0.2, 0.25) is 0 Å². The van der Waals surface area contributed by atoms with Gasteiger partial charge in [0.25, 0.3) is 0 Å². The molecule has 0 aromatic heterocycles. The summed E-state index contributed by atoms with van der Waals surface area (Å²) in [6.45, 7) is 0. The van der Waals surface area contributed by atoms with Crippen LogP contribution in [0.1, 0.15) is 6.42 Å². The maximum Gasteiger partial charge on any atom is 0.158 e. The molecule has 4 heteroatoms. The van der Waals surface area contributed by atoms with Crippen molar-refractivity contribution in [3.8, 4) is 0 Å². The summed E-state index contributed by atoms with van der Waals surface area (Å²) in [5.41, 5.74) is 1.78. The first-order valence-corrected chi connectivity index (χ1v) is 11.3. The molecule has 0 fully saturated rings. The summed E-state index contributed by atoms with van der Waals surface area (Å²) < 4.78 is 14.3. The van der Waals surface area contributed by atoms with Crippen LogP contribution in [-0.4, -0.2) is 11.9 Å². The van der Waals surface area contributed by atoms with Crippen molar-refractivity contribution < 1.29 is 9.36 Å². The number of anilines is 1. The van der Waals surface area contributed by atoms with Gasteiger partial charge in [0.15, 0.2) is 5.78 Å². The number of benzene rings is 3. The number of ketones is 1. The van der Waals surface area contributed by atoms with Gasteiger partial charge in [0, 0.05) is 46.6 Å². The highest BCUT2D eigenvalue weighted by atomic mass is 31.2. The van der Waals surface area contributed by atoms with E-state index in [1.807, 2.05) is 91.0 Å². The lowest BCUT2D eigenvalue weighted by Gasteiger charge is -2.24. The van der Waals surface area contributed by atoms with Crippen molar-refractivity contribution in [3.05, 3.63) is 103 Å². The van der Waals surface area contributed by atoms with Gasteiger partial charge in [-0.2, -0.15) is 0 Å². The number of para-hydroxylation sites is 1. The number of hydrogen-bond donors (Lipinski definition) is 1. The van der Waals surface area contributed by atoms with Crippen LogP contribution >= 0.6 is 7.14 Å². The molecule has 0 spiro atoms. The van der Waals surface area contributed by atoms with Crippen LogP contribution in [0.15, 0.2) is 103 Å². The number of carbonyl (C=O) groups excluding carboxylic acids is 1. The minimum atomic E-state index is -2.87. The van der Waals surface area contributed by atoms with Crippen LogP contribution in [0.5, 0.6) is 0 Å². The summed E-state index contributed by atoms with van der Waals surface area (Å²) in [6.07, 6.45) is 2.48. The van der Waals surface area contributed by atoms with Gasteiger partial charge in [-0.15, -0.1) is 0 Å². The second-order valence-electron chi connectivity index (χ2n) is 7.05. The maximum absolute atomic E-state index is 14.3. The Morgan fingerprint density at radius 3 is 1.82 bits per heavy atom. The summed E-state index contributed by atoms with van der Waals surface area (Å²) in [5, 5.41) is 5.03. The van der Waals surface area contributed by atoms with Crippen LogP contribution in [0, 0.1) is 5.92 Å². The van der Waals surface area contributed by atoms with Crippen molar-refractivity contribution >= 4 is 29.2 Å². The third kappa shape index (κ3) is 3.85. The molecule has 0 amide bonds. The Labute approximate surface area is 165 Å². The highest BCUT2D eigenvalue weighted by Gasteiger charge is 2.35. The largest absolute Gasteiger partial charge is 0.359 e. The van der Waals surface area contributed by atoms with E-state index in [1.165, 1.54) is 0 Å². The van der Waals surface area contributed by atoms with Gasteiger partial charge < -0.3 is 9.88 Å². The molecule has 1 atom stereocenters. The second kappa shape index (κ2) is 8.00. The molecule has 0 aliphatic heterocycles. The second-order valence-corrected chi connectivity index (χ2v) is 9.93. The van der Waals surface area contributed by atoms with Crippen molar-refractivity contribution in [1.82, 2.24) is 0 Å². The van der Waals surface area contributed by atoms with Crippen LogP contribution in [0.3, 0.4) is 0 Å². The van der Waals surface area contributed by atoms with E-state index in [9.17, 15) is 9.36 Å². The molecule has 140 valence electrons. The van der Waals surface area contributed by atoms with Crippen LogP contribution in [0.4, 0.5) is 5.69 Å². The first-order chi connectivity index (χ1) is 13.6. The summed E-state index contributed by atoms with van der Waals surface area (Å²) in [4.78, 5) is 12.2. The number of allylic oxidation sites excluding steroid dienone is 2. The number of rotatable bonds is 6. The van der Waals surface area contributed by atoms with E-state index in [4.69, 9.17) is 0 Å². The van der Waals surface area contributed by atoms with Gasteiger partial charge in [-0.1, -0.05) is 78.9 Å². The average Bonchev–Trinajstić information content (AvgIpc) is 3.08. The molecule has 3 nitrogen and oxygen atoms in total. The highest BCUT2D eigenvalue weighted by Crippen LogP contribution is 2.48. The standard InChI is InChI=1S/C24H22NO2P/c26-21-16-19(24(17-21)25-20-10-4-1-5-11-20)18-28(27,22-12-6-2-7-13-22)23-14-8-3-9-15-23/h1-15,17,19,25H,16,18H2. The van der Waals surface area contributed by atoms with Crippen molar-refractivity contribution in [2.45, 2.75) is 6.42 Å². The van der Waals surface area contributed by atoms with E-state index in [-0.39, 0.29) is 11.7 Å². The lowest BCUT2D eigenvalue weighted by atomic mass is 10.1. The Morgan fingerprint density at radius 1 is 0.786 bits per heavy atom.